The number of carbonyl (C=O) groups excluding carboxylic acids is 1. The maximum atomic E-state index is 13.3. The first kappa shape index (κ1) is 20.6. The monoisotopic (exact) mass is 424 g/mol. The van der Waals surface area contributed by atoms with Crippen molar-refractivity contribution in [1.29, 1.82) is 0 Å². The molecule has 0 aliphatic carbocycles. The maximum Gasteiger partial charge on any atom is 0.407 e. The van der Waals surface area contributed by atoms with Gasteiger partial charge in [0, 0.05) is 44.1 Å². The lowest BCUT2D eigenvalue weighted by atomic mass is 9.72. The molecule has 1 spiro atoms. The lowest BCUT2D eigenvalue weighted by Crippen LogP contribution is -2.74. The topological polar surface area (TPSA) is 116 Å². The third kappa shape index (κ3) is 4.16. The van der Waals surface area contributed by atoms with E-state index in [9.17, 15) is 19.7 Å². The molecule has 9 nitrogen and oxygen atoms in total. The minimum absolute atomic E-state index is 0.0830. The zero-order valence-electron chi connectivity index (χ0n) is 17.2. The Balaban J connectivity index is 1.50. The lowest BCUT2D eigenvalue weighted by molar-refractivity contribution is -0.384. The number of anilines is 1. The van der Waals surface area contributed by atoms with E-state index in [4.69, 9.17) is 5.11 Å². The van der Waals surface area contributed by atoms with Gasteiger partial charge in [0.2, 0.25) is 5.91 Å². The molecule has 2 fully saturated rings. The molecule has 2 heterocycles. The van der Waals surface area contributed by atoms with Gasteiger partial charge >= 0.3 is 6.09 Å². The van der Waals surface area contributed by atoms with E-state index in [0.717, 1.165) is 11.1 Å². The molecule has 2 amide bonds. The number of amides is 2. The summed E-state index contributed by atoms with van der Waals surface area (Å²) in [4.78, 5) is 38.3. The minimum Gasteiger partial charge on any atom is -0.465 e. The first-order valence-corrected chi connectivity index (χ1v) is 10.1. The fourth-order valence-electron chi connectivity index (χ4n) is 4.34. The predicted molar refractivity (Wildman–Crippen MR) is 114 cm³/mol. The molecule has 2 aromatic rings. The van der Waals surface area contributed by atoms with Gasteiger partial charge in [0.1, 0.15) is 11.7 Å². The second-order valence-electron chi connectivity index (χ2n) is 8.49. The first-order valence-electron chi connectivity index (χ1n) is 10.1. The summed E-state index contributed by atoms with van der Waals surface area (Å²) in [7, 11) is 0. The number of carboxylic acid groups (broad SMARTS) is 1. The summed E-state index contributed by atoms with van der Waals surface area (Å²) in [5.74, 6) is -0.141. The van der Waals surface area contributed by atoms with E-state index in [1.54, 1.807) is 23.1 Å². The number of aryl methyl sites for hydroxylation is 1. The van der Waals surface area contributed by atoms with Gasteiger partial charge < -0.3 is 20.2 Å². The Bertz CT molecular complexity index is 1010. The van der Waals surface area contributed by atoms with Gasteiger partial charge in [-0.25, -0.2) is 4.79 Å². The summed E-state index contributed by atoms with van der Waals surface area (Å²) in [5.41, 5.74) is 2.12. The first-order chi connectivity index (χ1) is 14.8. The molecule has 162 valence electrons. The molecule has 0 unspecified atom stereocenters. The molecular weight excluding hydrogens is 400 g/mol. The van der Waals surface area contributed by atoms with E-state index in [1.807, 2.05) is 31.2 Å². The van der Waals surface area contributed by atoms with E-state index >= 15 is 0 Å². The molecule has 4 rings (SSSR count). The number of carbonyl (C=O) groups is 2. The normalized spacial score (nSPS) is 17.5. The molecule has 2 N–H and O–H groups in total. The van der Waals surface area contributed by atoms with Gasteiger partial charge in [-0.3, -0.25) is 14.9 Å². The highest BCUT2D eigenvalue weighted by molar-refractivity contribution is 5.87. The summed E-state index contributed by atoms with van der Waals surface area (Å²) >= 11 is 0. The van der Waals surface area contributed by atoms with Crippen molar-refractivity contribution < 1.29 is 19.6 Å². The molecule has 31 heavy (non-hydrogen) atoms. The Morgan fingerprint density at radius 1 is 1.10 bits per heavy atom. The quantitative estimate of drug-likeness (QED) is 0.544. The predicted octanol–water partition coefficient (Wildman–Crippen LogP) is 2.75. The Kier molecular flexibility index (Phi) is 5.26. The van der Waals surface area contributed by atoms with Crippen molar-refractivity contribution in [2.24, 2.45) is 5.41 Å². The van der Waals surface area contributed by atoms with Crippen LogP contribution in [0.3, 0.4) is 0 Å². The molecule has 1 atom stereocenters. The molecule has 2 aliphatic heterocycles. The molecule has 0 aromatic heterocycles. The van der Waals surface area contributed by atoms with Crippen molar-refractivity contribution in [3.63, 3.8) is 0 Å². The minimum atomic E-state index is -0.939. The summed E-state index contributed by atoms with van der Waals surface area (Å²) in [5, 5.41) is 23.5. The second kappa shape index (κ2) is 7.90. The standard InChI is InChI=1S/C22H24N4O5/c1-15-6-8-16(9-7-15)10-18(23-17-4-2-3-5-19(17)26(30)31)20(27)24-11-22(12-24)13-25(14-22)21(28)29/h2-9,18,23H,10-14H2,1H3,(H,28,29)/t18-/m0/s1. The van der Waals surface area contributed by atoms with Crippen LogP contribution in [-0.2, 0) is 11.2 Å². The van der Waals surface area contributed by atoms with E-state index in [1.165, 1.54) is 11.0 Å². The highest BCUT2D eigenvalue weighted by Gasteiger charge is 2.55. The van der Waals surface area contributed by atoms with Gasteiger partial charge in [-0.15, -0.1) is 0 Å². The highest BCUT2D eigenvalue weighted by atomic mass is 16.6. The van der Waals surface area contributed by atoms with Crippen molar-refractivity contribution in [2.45, 2.75) is 19.4 Å². The number of para-hydroxylation sites is 2. The van der Waals surface area contributed by atoms with Gasteiger partial charge in [0.15, 0.2) is 0 Å². The fraction of sp³-hybridized carbons (Fsp3) is 0.364. The van der Waals surface area contributed by atoms with Gasteiger partial charge in [-0.1, -0.05) is 42.0 Å². The molecule has 0 radical (unpaired) electrons. The molecule has 0 saturated carbocycles. The summed E-state index contributed by atoms with van der Waals surface area (Å²) in [6, 6.07) is 13.4. The largest absolute Gasteiger partial charge is 0.465 e. The number of rotatable bonds is 6. The van der Waals surface area contributed by atoms with Gasteiger partial charge in [0.05, 0.1) is 4.92 Å². The van der Waals surface area contributed by atoms with Crippen molar-refractivity contribution in [3.05, 3.63) is 69.8 Å². The fourth-order valence-corrected chi connectivity index (χ4v) is 4.34. The van der Waals surface area contributed by atoms with Crippen LogP contribution in [0.5, 0.6) is 0 Å². The Morgan fingerprint density at radius 2 is 1.71 bits per heavy atom. The number of nitrogens with zero attached hydrogens (tertiary/aromatic N) is 3. The number of benzene rings is 2. The number of likely N-dealkylation sites (tertiary alicyclic amines) is 2. The van der Waals surface area contributed by atoms with Crippen molar-refractivity contribution in [3.8, 4) is 0 Å². The summed E-state index contributed by atoms with van der Waals surface area (Å²) in [6.45, 7) is 3.85. The van der Waals surface area contributed by atoms with Crippen LogP contribution in [0.4, 0.5) is 16.2 Å². The highest BCUT2D eigenvalue weighted by Crippen LogP contribution is 2.40. The number of hydrogen-bond donors (Lipinski definition) is 2. The summed E-state index contributed by atoms with van der Waals surface area (Å²) in [6.07, 6.45) is -0.554. The van der Waals surface area contributed by atoms with E-state index in [-0.39, 0.29) is 17.0 Å². The van der Waals surface area contributed by atoms with E-state index in [0.29, 0.717) is 38.3 Å². The molecule has 2 saturated heterocycles. The smallest absolute Gasteiger partial charge is 0.407 e. The van der Waals surface area contributed by atoms with Crippen molar-refractivity contribution in [2.75, 3.05) is 31.5 Å². The zero-order valence-corrected chi connectivity index (χ0v) is 17.2. The third-order valence-electron chi connectivity index (χ3n) is 5.98. The maximum absolute atomic E-state index is 13.3. The number of nitro groups is 1. The van der Waals surface area contributed by atoms with Gasteiger partial charge in [-0.05, 0) is 18.6 Å². The Morgan fingerprint density at radius 3 is 2.32 bits per heavy atom. The van der Waals surface area contributed by atoms with Crippen LogP contribution < -0.4 is 5.32 Å². The van der Waals surface area contributed by atoms with Crippen molar-refractivity contribution >= 4 is 23.4 Å². The van der Waals surface area contributed by atoms with Crippen LogP contribution in [0.1, 0.15) is 11.1 Å². The average molecular weight is 424 g/mol. The van der Waals surface area contributed by atoms with Crippen LogP contribution in [0.2, 0.25) is 0 Å². The van der Waals surface area contributed by atoms with Crippen LogP contribution in [0, 0.1) is 22.5 Å². The van der Waals surface area contributed by atoms with Crippen LogP contribution in [-0.4, -0.2) is 64.1 Å². The molecule has 9 heteroatoms. The van der Waals surface area contributed by atoms with Crippen molar-refractivity contribution in [1.82, 2.24) is 9.80 Å². The lowest BCUT2D eigenvalue weighted by Gasteiger charge is -2.59. The number of nitro benzene ring substituents is 1. The van der Waals surface area contributed by atoms with Gasteiger partial charge in [0.25, 0.3) is 5.69 Å². The van der Waals surface area contributed by atoms with Gasteiger partial charge in [-0.2, -0.15) is 0 Å². The van der Waals surface area contributed by atoms with Crippen LogP contribution in [0.25, 0.3) is 0 Å². The summed E-state index contributed by atoms with van der Waals surface area (Å²) < 4.78 is 0. The second-order valence-corrected chi connectivity index (χ2v) is 8.49. The number of hydrogen-bond acceptors (Lipinski definition) is 5. The molecule has 0 bridgehead atoms. The molecular formula is C22H24N4O5. The molecule has 2 aliphatic rings. The third-order valence-corrected chi connectivity index (χ3v) is 5.98. The average Bonchev–Trinajstić information content (AvgIpc) is 2.66. The molecule has 2 aromatic carbocycles. The van der Waals surface area contributed by atoms with Crippen LogP contribution in [0.15, 0.2) is 48.5 Å². The van der Waals surface area contributed by atoms with Crippen LogP contribution >= 0.6 is 0 Å². The van der Waals surface area contributed by atoms with E-state index in [2.05, 4.69) is 5.32 Å². The Labute approximate surface area is 179 Å². The SMILES string of the molecule is Cc1ccc(C[C@H](Nc2ccccc2[N+](=O)[O-])C(=O)N2CC3(CN(C(=O)O)C3)C2)cc1. The Hall–Kier alpha value is -3.62. The van der Waals surface area contributed by atoms with E-state index < -0.39 is 17.1 Å². The number of nitrogens with one attached hydrogen (secondary N) is 1. The zero-order chi connectivity index (χ0) is 22.2.